The predicted octanol–water partition coefficient (Wildman–Crippen LogP) is 4.30. The highest BCUT2D eigenvalue weighted by molar-refractivity contribution is 7.99. The van der Waals surface area contributed by atoms with Crippen LogP contribution in [0.3, 0.4) is 0 Å². The second kappa shape index (κ2) is 7.98. The Hall–Kier alpha value is -1.45. The summed E-state index contributed by atoms with van der Waals surface area (Å²) in [7, 11) is 0. The van der Waals surface area contributed by atoms with E-state index in [0.29, 0.717) is 0 Å². The molecule has 1 unspecified atom stereocenters. The summed E-state index contributed by atoms with van der Waals surface area (Å²) in [5, 5.41) is 9.55. The third-order valence-electron chi connectivity index (χ3n) is 2.91. The quantitative estimate of drug-likeness (QED) is 0.608. The minimum Gasteiger partial charge on any atom is -0.494 e. The van der Waals surface area contributed by atoms with E-state index >= 15 is 0 Å². The molecule has 2 aromatic rings. The number of hydrogen-bond acceptors (Lipinski definition) is 3. The Morgan fingerprint density at radius 2 is 1.90 bits per heavy atom. The summed E-state index contributed by atoms with van der Waals surface area (Å²) in [6, 6.07) is 18.0. The van der Waals surface area contributed by atoms with Gasteiger partial charge in [-0.2, -0.15) is 0 Å². The molecular formula is C17H20O2S. The van der Waals surface area contributed by atoms with Crippen molar-refractivity contribution in [1.29, 1.82) is 0 Å². The molecule has 0 radical (unpaired) electrons. The molecule has 20 heavy (non-hydrogen) atoms. The Morgan fingerprint density at radius 1 is 1.10 bits per heavy atom. The average molecular weight is 288 g/mol. The fourth-order valence-electron chi connectivity index (χ4n) is 1.82. The number of ether oxygens (including phenoxy) is 1. The van der Waals surface area contributed by atoms with Crippen molar-refractivity contribution in [2.45, 2.75) is 24.3 Å². The molecule has 2 rings (SSSR count). The highest BCUT2D eigenvalue weighted by Gasteiger charge is 2.02. The number of benzene rings is 2. The van der Waals surface area contributed by atoms with Crippen molar-refractivity contribution in [2.75, 3.05) is 12.4 Å². The molecule has 2 aromatic carbocycles. The van der Waals surface area contributed by atoms with Gasteiger partial charge in [0.25, 0.3) is 0 Å². The normalized spacial score (nSPS) is 12.1. The molecule has 2 nitrogen and oxygen atoms in total. The maximum Gasteiger partial charge on any atom is 0.119 e. The second-order valence-corrected chi connectivity index (χ2v) is 5.78. The SMILES string of the molecule is CC(O)c1cccc(SCCCOc2ccccc2)c1. The average Bonchev–Trinajstić information content (AvgIpc) is 2.48. The molecular weight excluding hydrogens is 268 g/mol. The van der Waals surface area contributed by atoms with Crippen LogP contribution < -0.4 is 4.74 Å². The second-order valence-electron chi connectivity index (χ2n) is 4.61. The van der Waals surface area contributed by atoms with Crippen molar-refractivity contribution in [3.05, 3.63) is 60.2 Å². The molecule has 0 aromatic heterocycles. The van der Waals surface area contributed by atoms with Crippen LogP contribution in [0.1, 0.15) is 25.0 Å². The Kier molecular flexibility index (Phi) is 5.96. The maximum absolute atomic E-state index is 9.55. The molecule has 0 fully saturated rings. The molecule has 106 valence electrons. The van der Waals surface area contributed by atoms with Crippen LogP contribution in [-0.4, -0.2) is 17.5 Å². The van der Waals surface area contributed by atoms with Crippen LogP contribution in [0.5, 0.6) is 5.75 Å². The van der Waals surface area contributed by atoms with Crippen molar-refractivity contribution >= 4 is 11.8 Å². The lowest BCUT2D eigenvalue weighted by molar-refractivity contribution is 0.199. The smallest absolute Gasteiger partial charge is 0.119 e. The molecule has 0 heterocycles. The molecule has 0 aliphatic heterocycles. The van der Waals surface area contributed by atoms with Crippen molar-refractivity contribution in [2.24, 2.45) is 0 Å². The van der Waals surface area contributed by atoms with Crippen LogP contribution in [0.25, 0.3) is 0 Å². The van der Waals surface area contributed by atoms with Gasteiger partial charge in [-0.25, -0.2) is 0 Å². The summed E-state index contributed by atoms with van der Waals surface area (Å²) in [6.45, 7) is 2.52. The standard InChI is InChI=1S/C17H20O2S/c1-14(18)15-7-5-10-17(13-15)20-12-6-11-19-16-8-3-2-4-9-16/h2-5,7-10,13-14,18H,6,11-12H2,1H3. The summed E-state index contributed by atoms with van der Waals surface area (Å²) in [6.07, 6.45) is 0.593. The fourth-order valence-corrected chi connectivity index (χ4v) is 2.71. The van der Waals surface area contributed by atoms with Gasteiger partial charge in [-0.3, -0.25) is 0 Å². The van der Waals surface area contributed by atoms with Crippen LogP contribution >= 0.6 is 11.8 Å². The zero-order chi connectivity index (χ0) is 14.2. The zero-order valence-corrected chi connectivity index (χ0v) is 12.5. The lowest BCUT2D eigenvalue weighted by Crippen LogP contribution is -1.98. The monoisotopic (exact) mass is 288 g/mol. The predicted molar refractivity (Wildman–Crippen MR) is 84.4 cm³/mol. The number of thioether (sulfide) groups is 1. The minimum absolute atomic E-state index is 0.406. The Morgan fingerprint density at radius 3 is 2.65 bits per heavy atom. The Bertz CT molecular complexity index is 511. The van der Waals surface area contributed by atoms with Gasteiger partial charge in [0.1, 0.15) is 5.75 Å². The maximum atomic E-state index is 9.55. The van der Waals surface area contributed by atoms with E-state index < -0.39 is 6.10 Å². The topological polar surface area (TPSA) is 29.5 Å². The van der Waals surface area contributed by atoms with Gasteiger partial charge < -0.3 is 9.84 Å². The van der Waals surface area contributed by atoms with Gasteiger partial charge in [0.15, 0.2) is 0 Å². The van der Waals surface area contributed by atoms with Crippen LogP contribution in [-0.2, 0) is 0 Å². The van der Waals surface area contributed by atoms with Crippen LogP contribution in [0.2, 0.25) is 0 Å². The molecule has 0 saturated carbocycles. The van der Waals surface area contributed by atoms with Crippen molar-refractivity contribution in [3.63, 3.8) is 0 Å². The first-order valence-electron chi connectivity index (χ1n) is 6.84. The van der Waals surface area contributed by atoms with Gasteiger partial charge in [0, 0.05) is 10.6 Å². The summed E-state index contributed by atoms with van der Waals surface area (Å²) >= 11 is 1.80. The third kappa shape index (κ3) is 4.91. The van der Waals surface area contributed by atoms with Gasteiger partial charge in [0.05, 0.1) is 12.7 Å². The fraction of sp³-hybridized carbons (Fsp3) is 0.294. The summed E-state index contributed by atoms with van der Waals surface area (Å²) in [5.74, 6) is 1.93. The van der Waals surface area contributed by atoms with Crippen molar-refractivity contribution in [3.8, 4) is 5.75 Å². The first-order valence-corrected chi connectivity index (χ1v) is 7.83. The molecule has 1 N–H and O–H groups in total. The van der Waals surface area contributed by atoms with Crippen molar-refractivity contribution < 1.29 is 9.84 Å². The van der Waals surface area contributed by atoms with Gasteiger partial charge in [-0.15, -0.1) is 11.8 Å². The number of rotatable bonds is 7. The molecule has 0 bridgehead atoms. The van der Waals surface area contributed by atoms with Gasteiger partial charge in [-0.05, 0) is 43.2 Å². The first-order chi connectivity index (χ1) is 9.75. The summed E-state index contributed by atoms with van der Waals surface area (Å²) < 4.78 is 5.65. The number of aliphatic hydroxyl groups excluding tert-OH is 1. The largest absolute Gasteiger partial charge is 0.494 e. The lowest BCUT2D eigenvalue weighted by Gasteiger charge is -2.08. The molecule has 0 saturated heterocycles. The minimum atomic E-state index is -0.406. The number of hydrogen-bond donors (Lipinski definition) is 1. The molecule has 3 heteroatoms. The van der Waals surface area contributed by atoms with E-state index in [1.807, 2.05) is 48.5 Å². The van der Waals surface area contributed by atoms with E-state index in [9.17, 15) is 5.11 Å². The molecule has 0 amide bonds. The Labute approximate surface area is 124 Å². The zero-order valence-electron chi connectivity index (χ0n) is 11.7. The van der Waals surface area contributed by atoms with E-state index in [1.54, 1.807) is 18.7 Å². The first kappa shape index (κ1) is 14.9. The van der Waals surface area contributed by atoms with Crippen LogP contribution in [0.4, 0.5) is 0 Å². The molecule has 0 aliphatic rings. The van der Waals surface area contributed by atoms with Crippen LogP contribution in [0.15, 0.2) is 59.5 Å². The van der Waals surface area contributed by atoms with Gasteiger partial charge >= 0.3 is 0 Å². The number of aliphatic hydroxyl groups is 1. The molecule has 1 atom stereocenters. The molecule has 0 aliphatic carbocycles. The molecule has 0 spiro atoms. The lowest BCUT2D eigenvalue weighted by atomic mass is 10.1. The van der Waals surface area contributed by atoms with E-state index in [-0.39, 0.29) is 0 Å². The van der Waals surface area contributed by atoms with E-state index in [1.165, 1.54) is 4.90 Å². The number of para-hydroxylation sites is 1. The highest BCUT2D eigenvalue weighted by Crippen LogP contribution is 2.23. The third-order valence-corrected chi connectivity index (χ3v) is 3.99. The highest BCUT2D eigenvalue weighted by atomic mass is 32.2. The van der Waals surface area contributed by atoms with E-state index in [2.05, 4.69) is 6.07 Å². The van der Waals surface area contributed by atoms with E-state index in [4.69, 9.17) is 4.74 Å². The summed E-state index contributed by atoms with van der Waals surface area (Å²) in [4.78, 5) is 1.20. The van der Waals surface area contributed by atoms with Crippen LogP contribution in [0, 0.1) is 0 Å². The van der Waals surface area contributed by atoms with Gasteiger partial charge in [-0.1, -0.05) is 30.3 Å². The van der Waals surface area contributed by atoms with Gasteiger partial charge in [0.2, 0.25) is 0 Å². The van der Waals surface area contributed by atoms with E-state index in [0.717, 1.165) is 30.1 Å². The summed E-state index contributed by atoms with van der Waals surface area (Å²) in [5.41, 5.74) is 0.968. The Balaban J connectivity index is 1.69. The van der Waals surface area contributed by atoms with Crippen molar-refractivity contribution in [1.82, 2.24) is 0 Å².